The molecule has 0 saturated carbocycles. The van der Waals surface area contributed by atoms with Crippen LogP contribution >= 0.6 is 12.2 Å². The molecular formula is C8H8N2O3S. The van der Waals surface area contributed by atoms with Gasteiger partial charge in [-0.3, -0.25) is 0 Å². The van der Waals surface area contributed by atoms with Crippen molar-refractivity contribution in [2.45, 2.75) is 6.92 Å². The van der Waals surface area contributed by atoms with Gasteiger partial charge < -0.3 is 15.3 Å². The standard InChI is InChI=1S/C8H8N2O3S/c1-4-2-6(11)5(7(12)13-4)3-10-8(9)14/h2-3,11H,1H3,(H2,9,14)/b10-3+. The average molecular weight is 212 g/mol. The largest absolute Gasteiger partial charge is 0.507 e. The smallest absolute Gasteiger partial charge is 0.348 e. The Morgan fingerprint density at radius 1 is 1.79 bits per heavy atom. The molecule has 0 spiro atoms. The highest BCUT2D eigenvalue weighted by Gasteiger charge is 2.06. The van der Waals surface area contributed by atoms with E-state index in [4.69, 9.17) is 10.2 Å². The number of aryl methyl sites for hydroxylation is 1. The lowest BCUT2D eigenvalue weighted by Crippen LogP contribution is -2.10. The first-order valence-electron chi connectivity index (χ1n) is 3.68. The second kappa shape index (κ2) is 4.01. The molecule has 0 bridgehead atoms. The van der Waals surface area contributed by atoms with Crippen LogP contribution in [0.4, 0.5) is 0 Å². The van der Waals surface area contributed by atoms with Crippen LogP contribution < -0.4 is 11.4 Å². The molecule has 1 heterocycles. The molecule has 0 unspecified atom stereocenters. The molecule has 74 valence electrons. The molecule has 5 nitrogen and oxygen atoms in total. The summed E-state index contributed by atoms with van der Waals surface area (Å²) in [6, 6.07) is 1.31. The number of nitrogens with zero attached hydrogens (tertiary/aromatic N) is 1. The van der Waals surface area contributed by atoms with Crippen molar-refractivity contribution in [2.24, 2.45) is 10.7 Å². The monoisotopic (exact) mass is 212 g/mol. The van der Waals surface area contributed by atoms with Gasteiger partial charge in [-0.25, -0.2) is 9.79 Å². The highest BCUT2D eigenvalue weighted by atomic mass is 32.1. The van der Waals surface area contributed by atoms with Crippen molar-refractivity contribution in [1.82, 2.24) is 0 Å². The molecule has 14 heavy (non-hydrogen) atoms. The van der Waals surface area contributed by atoms with Gasteiger partial charge in [0.2, 0.25) is 0 Å². The quantitative estimate of drug-likeness (QED) is 0.517. The zero-order valence-electron chi connectivity index (χ0n) is 7.35. The number of hydrogen-bond acceptors (Lipinski definition) is 4. The molecule has 1 rings (SSSR count). The van der Waals surface area contributed by atoms with Crippen molar-refractivity contribution in [3.05, 3.63) is 27.8 Å². The van der Waals surface area contributed by atoms with Gasteiger partial charge in [-0.1, -0.05) is 0 Å². The van der Waals surface area contributed by atoms with Crippen molar-refractivity contribution >= 4 is 23.5 Å². The van der Waals surface area contributed by atoms with E-state index in [0.29, 0.717) is 5.76 Å². The molecule has 1 aromatic heterocycles. The first-order chi connectivity index (χ1) is 6.50. The third kappa shape index (κ3) is 2.40. The minimum Gasteiger partial charge on any atom is -0.507 e. The van der Waals surface area contributed by atoms with Crippen LogP contribution in [-0.4, -0.2) is 16.4 Å². The highest BCUT2D eigenvalue weighted by molar-refractivity contribution is 7.80. The third-order valence-corrected chi connectivity index (χ3v) is 1.52. The van der Waals surface area contributed by atoms with Crippen LogP contribution in [0.1, 0.15) is 11.3 Å². The second-order valence-electron chi connectivity index (χ2n) is 2.54. The molecule has 0 saturated heterocycles. The van der Waals surface area contributed by atoms with Gasteiger partial charge in [0.15, 0.2) is 5.11 Å². The van der Waals surface area contributed by atoms with Crippen LogP contribution in [0.3, 0.4) is 0 Å². The summed E-state index contributed by atoms with van der Waals surface area (Å²) in [5.41, 5.74) is 4.35. The van der Waals surface area contributed by atoms with Gasteiger partial charge in [0.05, 0.1) is 0 Å². The number of thiocarbonyl (C=S) groups is 1. The maximum absolute atomic E-state index is 11.2. The van der Waals surface area contributed by atoms with Gasteiger partial charge in [-0.2, -0.15) is 0 Å². The van der Waals surface area contributed by atoms with Crippen LogP contribution in [0.5, 0.6) is 5.75 Å². The Bertz CT molecular complexity index is 450. The van der Waals surface area contributed by atoms with Gasteiger partial charge in [0.1, 0.15) is 17.1 Å². The van der Waals surface area contributed by atoms with Gasteiger partial charge in [-0.05, 0) is 19.1 Å². The summed E-state index contributed by atoms with van der Waals surface area (Å²) < 4.78 is 4.73. The van der Waals surface area contributed by atoms with E-state index in [-0.39, 0.29) is 16.4 Å². The summed E-state index contributed by atoms with van der Waals surface area (Å²) >= 11 is 4.47. The summed E-state index contributed by atoms with van der Waals surface area (Å²) in [5.74, 6) is 0.110. The van der Waals surface area contributed by atoms with E-state index in [1.165, 1.54) is 6.07 Å². The topological polar surface area (TPSA) is 88.8 Å². The molecule has 0 aliphatic carbocycles. The molecule has 3 N–H and O–H groups in total. The van der Waals surface area contributed by atoms with Crippen molar-refractivity contribution in [3.8, 4) is 5.75 Å². The number of nitrogens with two attached hydrogens (primary N) is 1. The average Bonchev–Trinajstić information content (AvgIpc) is 2.01. The van der Waals surface area contributed by atoms with Crippen molar-refractivity contribution in [2.75, 3.05) is 0 Å². The fraction of sp³-hybridized carbons (Fsp3) is 0.125. The van der Waals surface area contributed by atoms with Crippen LogP contribution in [0.25, 0.3) is 0 Å². The van der Waals surface area contributed by atoms with Crippen molar-refractivity contribution in [1.29, 1.82) is 0 Å². The fourth-order valence-corrected chi connectivity index (χ4v) is 0.905. The maximum Gasteiger partial charge on any atom is 0.348 e. The molecule has 0 aliphatic rings. The van der Waals surface area contributed by atoms with Gasteiger partial charge in [0, 0.05) is 12.3 Å². The lowest BCUT2D eigenvalue weighted by Gasteiger charge is -1.97. The number of aliphatic imine (C=N–C) groups is 1. The Kier molecular flexibility index (Phi) is 2.98. The zero-order valence-corrected chi connectivity index (χ0v) is 8.17. The molecule has 0 amide bonds. The molecule has 6 heteroatoms. The Labute approximate surface area is 84.9 Å². The summed E-state index contributed by atoms with van der Waals surface area (Å²) in [7, 11) is 0. The SMILES string of the molecule is Cc1cc(O)c(/C=N/C(N)=S)c(=O)o1. The van der Waals surface area contributed by atoms with Crippen LogP contribution in [-0.2, 0) is 0 Å². The van der Waals surface area contributed by atoms with Crippen molar-refractivity contribution in [3.63, 3.8) is 0 Å². The van der Waals surface area contributed by atoms with E-state index in [1.807, 2.05) is 0 Å². The molecular weight excluding hydrogens is 204 g/mol. The first kappa shape index (κ1) is 10.4. The molecule has 0 aromatic carbocycles. The number of hydrogen-bond donors (Lipinski definition) is 2. The summed E-state index contributed by atoms with van der Waals surface area (Å²) in [6.45, 7) is 1.55. The highest BCUT2D eigenvalue weighted by Crippen LogP contribution is 2.11. The van der Waals surface area contributed by atoms with Crippen LogP contribution in [0.15, 0.2) is 20.3 Å². The van der Waals surface area contributed by atoms with E-state index < -0.39 is 5.63 Å². The van der Waals surface area contributed by atoms with E-state index in [1.54, 1.807) is 6.92 Å². The molecule has 1 aromatic rings. The van der Waals surface area contributed by atoms with E-state index >= 15 is 0 Å². The zero-order chi connectivity index (χ0) is 10.7. The normalized spacial score (nSPS) is 10.6. The molecule has 0 aliphatic heterocycles. The lowest BCUT2D eigenvalue weighted by atomic mass is 10.2. The van der Waals surface area contributed by atoms with E-state index in [0.717, 1.165) is 6.21 Å². The van der Waals surface area contributed by atoms with E-state index in [2.05, 4.69) is 17.2 Å². The summed E-state index contributed by atoms with van der Waals surface area (Å²) in [5, 5.41) is 9.23. The third-order valence-electron chi connectivity index (χ3n) is 1.41. The molecule has 0 fully saturated rings. The summed E-state index contributed by atoms with van der Waals surface area (Å²) in [4.78, 5) is 14.7. The molecule has 0 radical (unpaired) electrons. The minimum atomic E-state index is -0.678. The number of rotatable bonds is 1. The summed E-state index contributed by atoms with van der Waals surface area (Å²) in [6.07, 6.45) is 1.07. The Morgan fingerprint density at radius 2 is 2.43 bits per heavy atom. The van der Waals surface area contributed by atoms with Crippen LogP contribution in [0, 0.1) is 6.92 Å². The van der Waals surface area contributed by atoms with E-state index in [9.17, 15) is 9.90 Å². The Balaban J connectivity index is 3.22. The van der Waals surface area contributed by atoms with Gasteiger partial charge in [0.25, 0.3) is 0 Å². The van der Waals surface area contributed by atoms with Crippen LogP contribution in [0.2, 0.25) is 0 Å². The van der Waals surface area contributed by atoms with Gasteiger partial charge in [-0.15, -0.1) is 0 Å². The predicted molar refractivity (Wildman–Crippen MR) is 55.8 cm³/mol. The Hall–Kier alpha value is -1.69. The first-order valence-corrected chi connectivity index (χ1v) is 4.08. The number of aromatic hydroxyl groups is 1. The fourth-order valence-electron chi connectivity index (χ4n) is 0.853. The minimum absolute atomic E-state index is 0.0663. The van der Waals surface area contributed by atoms with Crippen molar-refractivity contribution < 1.29 is 9.52 Å². The lowest BCUT2D eigenvalue weighted by molar-refractivity contribution is 0.433. The van der Waals surface area contributed by atoms with Gasteiger partial charge >= 0.3 is 5.63 Å². The predicted octanol–water partition coefficient (Wildman–Crippen LogP) is 0.316. The second-order valence-corrected chi connectivity index (χ2v) is 2.96. The maximum atomic E-state index is 11.2. The molecule has 0 atom stereocenters. The Morgan fingerprint density at radius 3 is 2.93 bits per heavy atom.